The van der Waals surface area contributed by atoms with E-state index < -0.39 is 24.2 Å². The number of imidazole rings is 1. The molecular formula is C10H13N4O4P. The summed E-state index contributed by atoms with van der Waals surface area (Å²) in [7, 11) is 0.0122. The number of hydrogen-bond acceptors (Lipinski definition) is 7. The summed E-state index contributed by atoms with van der Waals surface area (Å²) in [6.07, 6.45) is 1.74. The van der Waals surface area contributed by atoms with Crippen molar-refractivity contribution in [3.05, 3.63) is 18.9 Å². The second-order valence-corrected chi connectivity index (χ2v) is 5.54. The predicted octanol–water partition coefficient (Wildman–Crippen LogP) is -1.29. The third-order valence-electron chi connectivity index (χ3n) is 3.02. The van der Waals surface area contributed by atoms with E-state index in [1.807, 2.05) is 0 Å². The van der Waals surface area contributed by atoms with E-state index in [1.54, 1.807) is 16.9 Å². The number of aromatic nitrogens is 4. The third kappa shape index (κ3) is 2.22. The molecule has 1 fully saturated rings. The highest BCUT2D eigenvalue weighted by Gasteiger charge is 2.42. The molecule has 1 saturated heterocycles. The lowest BCUT2D eigenvalue weighted by atomic mass is 10.2. The lowest BCUT2D eigenvalue weighted by Crippen LogP contribution is -2.33. The van der Waals surface area contributed by atoms with Crippen molar-refractivity contribution in [2.24, 2.45) is 0 Å². The van der Waals surface area contributed by atoms with Gasteiger partial charge in [-0.3, -0.25) is 4.34 Å². The first-order chi connectivity index (χ1) is 9.20. The second-order valence-electron chi connectivity index (χ2n) is 4.23. The molecule has 3 N–H and O–H groups in total. The minimum Gasteiger partial charge on any atom is -0.394 e. The fraction of sp³-hybridized carbons (Fsp3) is 0.500. The standard InChI is InChI=1S/C10H13N4O4P/c15-2-6-7(16)8(17)10(18-6)19-14-4-13-5-1-11-3-12-9(5)14/h1,3-4,6-8,10,15-17,19H,2H2/t6-,7-,8-,10?/m1/s1. The Bertz CT molecular complexity index is 579. The molecule has 1 aliphatic rings. The molecule has 0 radical (unpaired) electrons. The summed E-state index contributed by atoms with van der Waals surface area (Å²) in [5.41, 5.74) is 1.30. The Labute approximate surface area is 109 Å². The van der Waals surface area contributed by atoms with Crippen LogP contribution in [0.1, 0.15) is 0 Å². The lowest BCUT2D eigenvalue weighted by Gasteiger charge is -2.14. The summed E-state index contributed by atoms with van der Waals surface area (Å²) >= 11 is 0. The highest BCUT2D eigenvalue weighted by molar-refractivity contribution is 7.37. The van der Waals surface area contributed by atoms with E-state index in [4.69, 9.17) is 9.84 Å². The molecule has 0 aromatic carbocycles. The Balaban J connectivity index is 1.82. The van der Waals surface area contributed by atoms with Gasteiger partial charge in [0, 0.05) is 8.73 Å². The summed E-state index contributed by atoms with van der Waals surface area (Å²) < 4.78 is 7.18. The van der Waals surface area contributed by atoms with Crippen molar-refractivity contribution in [3.63, 3.8) is 0 Å². The predicted molar refractivity (Wildman–Crippen MR) is 66.8 cm³/mol. The van der Waals surface area contributed by atoms with Gasteiger partial charge in [0.25, 0.3) is 0 Å². The van der Waals surface area contributed by atoms with Gasteiger partial charge in [-0.1, -0.05) is 0 Å². The molecule has 0 bridgehead atoms. The monoisotopic (exact) mass is 284 g/mol. The van der Waals surface area contributed by atoms with Gasteiger partial charge in [-0.15, -0.1) is 0 Å². The Morgan fingerprint density at radius 3 is 2.89 bits per heavy atom. The van der Waals surface area contributed by atoms with Gasteiger partial charge < -0.3 is 20.1 Å². The minimum atomic E-state index is -1.08. The molecule has 3 heterocycles. The van der Waals surface area contributed by atoms with E-state index in [1.165, 1.54) is 6.33 Å². The first-order valence-electron chi connectivity index (χ1n) is 5.73. The molecule has 0 spiro atoms. The lowest BCUT2D eigenvalue weighted by molar-refractivity contribution is -0.00840. The largest absolute Gasteiger partial charge is 0.394 e. The Hall–Kier alpha value is -1.18. The van der Waals surface area contributed by atoms with Gasteiger partial charge >= 0.3 is 0 Å². The number of ether oxygens (including phenoxy) is 1. The van der Waals surface area contributed by atoms with E-state index >= 15 is 0 Å². The molecule has 5 atom stereocenters. The van der Waals surface area contributed by atoms with Crippen LogP contribution in [0.3, 0.4) is 0 Å². The van der Waals surface area contributed by atoms with Crippen molar-refractivity contribution in [2.75, 3.05) is 6.61 Å². The minimum absolute atomic E-state index is 0.0122. The van der Waals surface area contributed by atoms with E-state index in [0.29, 0.717) is 11.2 Å². The SMILES string of the molecule is OC[C@H]1OC(Pn2cnc3cncnc32)[C@H](O)[C@@H]1O. The fourth-order valence-electron chi connectivity index (χ4n) is 2.00. The number of aliphatic hydroxyl groups is 3. The Kier molecular flexibility index (Phi) is 3.42. The number of rotatable bonds is 3. The van der Waals surface area contributed by atoms with Crippen molar-refractivity contribution in [3.8, 4) is 0 Å². The van der Waals surface area contributed by atoms with E-state index in [0.717, 1.165) is 0 Å². The molecule has 2 aromatic heterocycles. The zero-order valence-electron chi connectivity index (χ0n) is 9.79. The summed E-state index contributed by atoms with van der Waals surface area (Å²) in [5.74, 6) is -0.584. The zero-order chi connectivity index (χ0) is 13.4. The molecule has 2 aromatic rings. The molecule has 0 aliphatic carbocycles. The maximum absolute atomic E-state index is 9.88. The molecule has 19 heavy (non-hydrogen) atoms. The molecule has 9 heteroatoms. The van der Waals surface area contributed by atoms with Crippen LogP contribution < -0.4 is 0 Å². The highest BCUT2D eigenvalue weighted by Crippen LogP contribution is 2.35. The topological polar surface area (TPSA) is 114 Å². The molecule has 0 amide bonds. The first kappa shape index (κ1) is 12.8. The fourth-order valence-corrected chi connectivity index (χ4v) is 3.28. The number of nitrogens with zero attached hydrogens (tertiary/aromatic N) is 4. The summed E-state index contributed by atoms with van der Waals surface area (Å²) in [6.45, 7) is -0.327. The average molecular weight is 284 g/mol. The molecule has 8 nitrogen and oxygen atoms in total. The number of aliphatic hydroxyl groups excluding tert-OH is 3. The van der Waals surface area contributed by atoms with Crippen LogP contribution in [0, 0.1) is 0 Å². The Morgan fingerprint density at radius 1 is 1.32 bits per heavy atom. The van der Waals surface area contributed by atoms with Gasteiger partial charge in [-0.05, 0) is 0 Å². The molecule has 102 valence electrons. The molecule has 0 saturated carbocycles. The maximum Gasteiger partial charge on any atom is 0.166 e. The van der Waals surface area contributed by atoms with Crippen LogP contribution in [-0.4, -0.2) is 65.4 Å². The van der Waals surface area contributed by atoms with Crippen LogP contribution in [0.25, 0.3) is 11.2 Å². The van der Waals surface area contributed by atoms with Crippen LogP contribution in [0.15, 0.2) is 18.9 Å². The van der Waals surface area contributed by atoms with Crippen LogP contribution in [0.5, 0.6) is 0 Å². The van der Waals surface area contributed by atoms with Crippen molar-refractivity contribution in [1.29, 1.82) is 0 Å². The Morgan fingerprint density at radius 2 is 2.16 bits per heavy atom. The van der Waals surface area contributed by atoms with Gasteiger partial charge in [0.2, 0.25) is 0 Å². The highest BCUT2D eigenvalue weighted by atomic mass is 31.1. The van der Waals surface area contributed by atoms with E-state index in [9.17, 15) is 10.2 Å². The second kappa shape index (κ2) is 5.07. The smallest absolute Gasteiger partial charge is 0.166 e. The van der Waals surface area contributed by atoms with Gasteiger partial charge in [-0.25, -0.2) is 15.0 Å². The van der Waals surface area contributed by atoms with Crippen molar-refractivity contribution in [1.82, 2.24) is 19.3 Å². The summed E-state index contributed by atoms with van der Waals surface area (Å²) in [5, 5.41) is 28.6. The normalized spacial score (nSPS) is 31.7. The van der Waals surface area contributed by atoms with Crippen LogP contribution in [0.4, 0.5) is 0 Å². The van der Waals surface area contributed by atoms with E-state index in [2.05, 4.69) is 15.0 Å². The average Bonchev–Trinajstić information content (AvgIpc) is 2.96. The first-order valence-corrected chi connectivity index (χ1v) is 6.75. The summed E-state index contributed by atoms with van der Waals surface area (Å²) in [4.78, 5) is 12.1. The van der Waals surface area contributed by atoms with Crippen LogP contribution >= 0.6 is 8.73 Å². The zero-order valence-corrected chi connectivity index (χ0v) is 10.8. The van der Waals surface area contributed by atoms with Crippen molar-refractivity contribution in [2.45, 2.75) is 24.2 Å². The molecular weight excluding hydrogens is 271 g/mol. The van der Waals surface area contributed by atoms with Crippen LogP contribution in [0.2, 0.25) is 0 Å². The molecule has 2 unspecified atom stereocenters. The third-order valence-corrected chi connectivity index (χ3v) is 4.36. The van der Waals surface area contributed by atoms with Gasteiger partial charge in [0.05, 0.1) is 12.8 Å². The summed E-state index contributed by atoms with van der Waals surface area (Å²) in [6, 6.07) is 0. The van der Waals surface area contributed by atoms with Gasteiger partial charge in [0.1, 0.15) is 42.3 Å². The number of hydrogen-bond donors (Lipinski definition) is 3. The maximum atomic E-state index is 9.88. The van der Waals surface area contributed by atoms with Gasteiger partial charge in [0.15, 0.2) is 5.65 Å². The van der Waals surface area contributed by atoms with Crippen LogP contribution in [-0.2, 0) is 4.74 Å². The van der Waals surface area contributed by atoms with Gasteiger partial charge in [-0.2, -0.15) is 0 Å². The molecule has 3 rings (SSSR count). The molecule has 1 aliphatic heterocycles. The van der Waals surface area contributed by atoms with Crippen molar-refractivity contribution < 1.29 is 20.1 Å². The van der Waals surface area contributed by atoms with Crippen molar-refractivity contribution >= 4 is 19.9 Å². The quantitative estimate of drug-likeness (QED) is 0.601. The number of fused-ring (bicyclic) bond motifs is 1. The van der Waals surface area contributed by atoms with E-state index in [-0.39, 0.29) is 15.3 Å².